The van der Waals surface area contributed by atoms with Gasteiger partial charge in [-0.15, -0.1) is 0 Å². The molecule has 9 heteroatoms. The predicted octanol–water partition coefficient (Wildman–Crippen LogP) is 0.786. The topological polar surface area (TPSA) is 128 Å². The molecule has 0 fully saturated rings. The van der Waals surface area contributed by atoms with E-state index in [-0.39, 0.29) is 12.1 Å². The van der Waals surface area contributed by atoms with Gasteiger partial charge in [0, 0.05) is 6.20 Å². The maximum atomic E-state index is 11.2. The Kier molecular flexibility index (Phi) is 5.53. The molecule has 100 valence electrons. The fourth-order valence-electron chi connectivity index (χ4n) is 1.45. The highest BCUT2D eigenvalue weighted by Gasteiger charge is 2.37. The smallest absolute Gasteiger partial charge is 0.387 e. The molecule has 0 radical (unpaired) electrons. The Labute approximate surface area is 105 Å². The van der Waals surface area contributed by atoms with Crippen LogP contribution in [0.2, 0.25) is 0 Å². The molecule has 4 N–H and O–H groups in total. The monoisotopic (exact) mass is 294 g/mol. The van der Waals surface area contributed by atoms with Crippen molar-refractivity contribution in [2.45, 2.75) is 18.2 Å². The van der Waals surface area contributed by atoms with Crippen molar-refractivity contribution in [2.24, 2.45) is 0 Å². The van der Waals surface area contributed by atoms with Crippen LogP contribution < -0.4 is 0 Å². The van der Waals surface area contributed by atoms with E-state index in [0.717, 1.165) is 0 Å². The van der Waals surface area contributed by atoms with E-state index < -0.39 is 33.5 Å². The quantitative estimate of drug-likeness (QED) is 0.571. The summed E-state index contributed by atoms with van der Waals surface area (Å²) < 4.78 is 21.8. The molecule has 3 atom stereocenters. The van der Waals surface area contributed by atoms with E-state index in [9.17, 15) is 14.2 Å². The SMILES string of the molecule is O=[P+](O)CC(CC(O)c1ccccn1)P(=O)(O)O. The molecule has 3 unspecified atom stereocenters. The van der Waals surface area contributed by atoms with Crippen LogP contribution in [-0.4, -0.2) is 36.6 Å². The van der Waals surface area contributed by atoms with Crippen molar-refractivity contribution < 1.29 is 28.9 Å². The van der Waals surface area contributed by atoms with Gasteiger partial charge in [-0.1, -0.05) is 6.07 Å². The normalized spacial score (nSPS) is 16.1. The summed E-state index contributed by atoms with van der Waals surface area (Å²) in [6.07, 6.45) is -0.608. The minimum atomic E-state index is -4.54. The molecule has 0 aliphatic carbocycles. The molecular weight excluding hydrogens is 280 g/mol. The second-order valence-electron chi connectivity index (χ2n) is 3.78. The van der Waals surface area contributed by atoms with Gasteiger partial charge < -0.3 is 14.9 Å². The van der Waals surface area contributed by atoms with Gasteiger partial charge in [-0.25, -0.2) is 0 Å². The Morgan fingerprint density at radius 3 is 2.50 bits per heavy atom. The van der Waals surface area contributed by atoms with Gasteiger partial charge in [0.2, 0.25) is 0 Å². The number of hydrogen-bond acceptors (Lipinski definition) is 4. The van der Waals surface area contributed by atoms with Gasteiger partial charge in [0.25, 0.3) is 0 Å². The lowest BCUT2D eigenvalue weighted by molar-refractivity contribution is 0.159. The summed E-state index contributed by atoms with van der Waals surface area (Å²) in [5, 5.41) is 9.78. The summed E-state index contributed by atoms with van der Waals surface area (Å²) in [6.45, 7) is 0. The van der Waals surface area contributed by atoms with E-state index in [1.54, 1.807) is 12.1 Å². The van der Waals surface area contributed by atoms with Crippen molar-refractivity contribution in [1.82, 2.24) is 4.98 Å². The number of aromatic nitrogens is 1. The maximum Gasteiger partial charge on any atom is 0.506 e. The third kappa shape index (κ3) is 4.90. The lowest BCUT2D eigenvalue weighted by Crippen LogP contribution is -2.16. The Bertz CT molecular complexity index is 448. The summed E-state index contributed by atoms with van der Waals surface area (Å²) in [5.41, 5.74) is -1.09. The fraction of sp³-hybridized carbons (Fsp3) is 0.444. The average Bonchev–Trinajstić information content (AvgIpc) is 2.27. The number of hydrogen-bond donors (Lipinski definition) is 4. The van der Waals surface area contributed by atoms with E-state index in [4.69, 9.17) is 14.7 Å². The molecule has 1 aromatic rings. The van der Waals surface area contributed by atoms with Crippen LogP contribution in [0.1, 0.15) is 18.2 Å². The Hall–Kier alpha value is -0.680. The van der Waals surface area contributed by atoms with Crippen LogP contribution in [0.15, 0.2) is 24.4 Å². The van der Waals surface area contributed by atoms with Crippen LogP contribution in [0.5, 0.6) is 0 Å². The third-order valence-corrected chi connectivity index (χ3v) is 4.75. The van der Waals surface area contributed by atoms with Crippen LogP contribution in [0.3, 0.4) is 0 Å². The molecule has 0 bridgehead atoms. The van der Waals surface area contributed by atoms with Gasteiger partial charge in [0.05, 0.1) is 11.8 Å². The van der Waals surface area contributed by atoms with Crippen molar-refractivity contribution in [3.63, 3.8) is 0 Å². The molecular formula is C9H14NO6P2+. The number of aliphatic hydroxyl groups excluding tert-OH is 1. The molecule has 1 rings (SSSR count). The molecule has 18 heavy (non-hydrogen) atoms. The average molecular weight is 294 g/mol. The van der Waals surface area contributed by atoms with Crippen LogP contribution in [-0.2, 0) is 9.13 Å². The lowest BCUT2D eigenvalue weighted by atomic mass is 10.1. The summed E-state index contributed by atoms with van der Waals surface area (Å²) in [5.74, 6) is 0. The van der Waals surface area contributed by atoms with Crippen molar-refractivity contribution >= 4 is 15.6 Å². The van der Waals surface area contributed by atoms with E-state index in [1.807, 2.05) is 0 Å². The molecule has 1 aromatic heterocycles. The van der Waals surface area contributed by atoms with Crippen molar-refractivity contribution in [3.05, 3.63) is 30.1 Å². The molecule has 0 aliphatic heterocycles. The highest BCUT2D eigenvalue weighted by Crippen LogP contribution is 2.47. The summed E-state index contributed by atoms with van der Waals surface area (Å²) >= 11 is 0. The van der Waals surface area contributed by atoms with Crippen molar-refractivity contribution in [1.29, 1.82) is 0 Å². The van der Waals surface area contributed by atoms with Gasteiger partial charge in [-0.3, -0.25) is 9.55 Å². The molecule has 1 heterocycles. The Morgan fingerprint density at radius 2 is 2.06 bits per heavy atom. The van der Waals surface area contributed by atoms with Crippen molar-refractivity contribution in [3.8, 4) is 0 Å². The van der Waals surface area contributed by atoms with E-state index in [2.05, 4.69) is 4.98 Å². The second kappa shape index (κ2) is 6.48. The van der Waals surface area contributed by atoms with E-state index >= 15 is 0 Å². The summed E-state index contributed by atoms with van der Waals surface area (Å²) in [7, 11) is -7.21. The zero-order valence-electron chi connectivity index (χ0n) is 9.33. The first-order valence-electron chi connectivity index (χ1n) is 5.08. The van der Waals surface area contributed by atoms with Crippen molar-refractivity contribution in [2.75, 3.05) is 6.16 Å². The number of pyridine rings is 1. The standard InChI is InChI=1S/C9H13NO6P2/c11-9(8-3-1-2-4-10-8)5-7(6-17(12)13)18(14,15)16/h1-4,7,9,11H,5-6H2,(H2-,12,13,14,15,16)/p+1. The molecule has 0 saturated carbocycles. The predicted molar refractivity (Wildman–Crippen MR) is 64.3 cm³/mol. The lowest BCUT2D eigenvalue weighted by Gasteiger charge is -2.17. The fourth-order valence-corrected chi connectivity index (χ4v) is 3.70. The van der Waals surface area contributed by atoms with Gasteiger partial charge in [-0.05, 0) is 23.1 Å². The summed E-state index contributed by atoms with van der Waals surface area (Å²) in [6, 6.07) is 4.78. The summed E-state index contributed by atoms with van der Waals surface area (Å²) in [4.78, 5) is 30.7. The first-order valence-corrected chi connectivity index (χ1v) is 8.16. The zero-order valence-corrected chi connectivity index (χ0v) is 11.1. The van der Waals surface area contributed by atoms with Gasteiger partial charge in [-0.2, -0.15) is 4.89 Å². The molecule has 0 aromatic carbocycles. The van der Waals surface area contributed by atoms with Gasteiger partial charge >= 0.3 is 15.6 Å². The van der Waals surface area contributed by atoms with Crippen LogP contribution in [0.25, 0.3) is 0 Å². The third-order valence-electron chi connectivity index (χ3n) is 2.37. The highest BCUT2D eigenvalue weighted by atomic mass is 31.2. The van der Waals surface area contributed by atoms with Gasteiger partial charge in [0.15, 0.2) is 6.16 Å². The van der Waals surface area contributed by atoms with Gasteiger partial charge in [0.1, 0.15) is 5.66 Å². The Balaban J connectivity index is 2.78. The minimum absolute atomic E-state index is 0.268. The molecule has 0 aliphatic rings. The van der Waals surface area contributed by atoms with E-state index in [0.29, 0.717) is 0 Å². The Morgan fingerprint density at radius 1 is 1.39 bits per heavy atom. The molecule has 0 saturated heterocycles. The molecule has 0 spiro atoms. The number of rotatable bonds is 6. The van der Waals surface area contributed by atoms with Crippen LogP contribution in [0.4, 0.5) is 0 Å². The largest absolute Gasteiger partial charge is 0.506 e. The zero-order chi connectivity index (χ0) is 13.8. The van der Waals surface area contributed by atoms with Crippen LogP contribution in [0, 0.1) is 0 Å². The first kappa shape index (κ1) is 15.4. The second-order valence-corrected chi connectivity index (χ2v) is 6.76. The first-order chi connectivity index (χ1) is 8.30. The number of nitrogens with zero attached hydrogens (tertiary/aromatic N) is 1. The molecule has 0 amide bonds. The maximum absolute atomic E-state index is 11.2. The number of aliphatic hydroxyl groups is 1. The highest BCUT2D eigenvalue weighted by molar-refractivity contribution is 7.53. The minimum Gasteiger partial charge on any atom is -0.387 e. The van der Waals surface area contributed by atoms with E-state index in [1.165, 1.54) is 12.3 Å². The molecule has 7 nitrogen and oxygen atoms in total. The van der Waals surface area contributed by atoms with Crippen LogP contribution >= 0.6 is 15.6 Å².